The maximum Gasteiger partial charge on any atom is 0.257 e. The second-order valence-electron chi connectivity index (χ2n) is 8.01. The third-order valence-electron chi connectivity index (χ3n) is 5.38. The molecule has 244 valence electrons. The van der Waals surface area contributed by atoms with Gasteiger partial charge in [0.15, 0.2) is 0 Å². The van der Waals surface area contributed by atoms with Crippen molar-refractivity contribution in [2.75, 3.05) is 18.8 Å². The molecular weight excluding hydrogens is 550 g/mol. The summed E-state index contributed by atoms with van der Waals surface area (Å²) in [6.45, 7) is 34.4. The van der Waals surface area contributed by atoms with Crippen molar-refractivity contribution in [3.63, 3.8) is 0 Å². The van der Waals surface area contributed by atoms with E-state index in [4.69, 9.17) is 0 Å². The van der Waals surface area contributed by atoms with Crippen LogP contribution in [0.1, 0.15) is 89.0 Å². The van der Waals surface area contributed by atoms with Gasteiger partial charge in [-0.05, 0) is 51.0 Å². The number of nitrogens with one attached hydrogen (secondary N) is 2. The molecule has 6 heteroatoms. The summed E-state index contributed by atoms with van der Waals surface area (Å²) in [5.74, 6) is 0.153. The average Bonchev–Trinajstić information content (AvgIpc) is 3.22. The van der Waals surface area contributed by atoms with Gasteiger partial charge in [-0.25, -0.2) is 0 Å². The molecule has 2 amide bonds. The number of rotatable bonds is 12. The van der Waals surface area contributed by atoms with Crippen molar-refractivity contribution in [3.05, 3.63) is 109 Å². The lowest BCUT2D eigenvalue weighted by Gasteiger charge is -2.27. The summed E-state index contributed by atoms with van der Waals surface area (Å²) in [6, 6.07) is 0.0651. The van der Waals surface area contributed by atoms with E-state index in [1.54, 1.807) is 35.3 Å². The fraction of sp³-hybridized carbons (Fsp3) is 0.459. The third kappa shape index (κ3) is 20.5. The van der Waals surface area contributed by atoms with Gasteiger partial charge in [0.25, 0.3) is 11.8 Å². The highest BCUT2D eigenvalue weighted by Crippen LogP contribution is 2.22. The minimum absolute atomic E-state index is 0.0651. The number of hydrogen-bond donors (Lipinski definition) is 3. The number of hydrogen-bond acceptors (Lipinski definition) is 4. The number of thiol groups is 1. The summed E-state index contributed by atoms with van der Waals surface area (Å²) in [6.07, 6.45) is 19.2. The Hall–Kier alpha value is -3.09. The minimum atomic E-state index is -0.282. The highest BCUT2D eigenvalue weighted by Gasteiger charge is 2.26. The van der Waals surface area contributed by atoms with Crippen LogP contribution in [0.15, 0.2) is 109 Å². The molecule has 0 aromatic heterocycles. The van der Waals surface area contributed by atoms with Gasteiger partial charge in [0.1, 0.15) is 0 Å². The Morgan fingerprint density at radius 3 is 2.12 bits per heavy atom. The Labute approximate surface area is 271 Å². The largest absolute Gasteiger partial charge is 0.322 e. The van der Waals surface area contributed by atoms with Crippen molar-refractivity contribution < 1.29 is 9.59 Å². The predicted molar refractivity (Wildman–Crippen MR) is 197 cm³/mol. The Kier molecular flexibility index (Phi) is 36.4. The Bertz CT molecular complexity index is 982. The molecule has 0 fully saturated rings. The number of carbonyl (C=O) groups excluding carboxylic acids is 2. The normalized spacial score (nSPS) is 15.1. The highest BCUT2D eigenvalue weighted by molar-refractivity contribution is 7.80. The van der Waals surface area contributed by atoms with Crippen LogP contribution in [0.3, 0.4) is 0 Å². The predicted octanol–water partition coefficient (Wildman–Crippen LogP) is 9.44. The van der Waals surface area contributed by atoms with E-state index >= 15 is 0 Å². The molecule has 1 atom stereocenters. The molecule has 0 spiro atoms. The zero-order chi connectivity index (χ0) is 34.2. The van der Waals surface area contributed by atoms with E-state index in [2.05, 4.69) is 49.1 Å². The monoisotopic (exact) mass is 613 g/mol. The van der Waals surface area contributed by atoms with E-state index in [9.17, 15) is 9.59 Å². The van der Waals surface area contributed by atoms with Crippen molar-refractivity contribution in [3.8, 4) is 0 Å². The van der Waals surface area contributed by atoms with Gasteiger partial charge in [-0.3, -0.25) is 9.59 Å². The smallest absolute Gasteiger partial charge is 0.257 e. The van der Waals surface area contributed by atoms with Crippen LogP contribution in [-0.2, 0) is 9.59 Å². The molecule has 43 heavy (non-hydrogen) atoms. The number of amides is 2. The summed E-state index contributed by atoms with van der Waals surface area (Å²) >= 11 is 4.44. The lowest BCUT2D eigenvalue weighted by Crippen LogP contribution is -2.42. The molecule has 2 N–H and O–H groups in total. The topological polar surface area (TPSA) is 61.4 Å². The molecule has 0 aromatic rings. The molecule has 0 saturated heterocycles. The quantitative estimate of drug-likeness (QED) is 0.0889. The van der Waals surface area contributed by atoms with Gasteiger partial charge in [0.05, 0.1) is 0 Å². The fourth-order valence-corrected chi connectivity index (χ4v) is 3.55. The molecule has 0 aliphatic carbocycles. The average molecular weight is 614 g/mol. The van der Waals surface area contributed by atoms with Crippen molar-refractivity contribution in [2.45, 2.75) is 95.0 Å². The van der Waals surface area contributed by atoms with Crippen LogP contribution in [0.4, 0.5) is 0 Å². The van der Waals surface area contributed by atoms with E-state index in [1.807, 2.05) is 94.4 Å². The first-order chi connectivity index (χ1) is 20.8. The third-order valence-corrected chi connectivity index (χ3v) is 5.82. The zero-order valence-corrected chi connectivity index (χ0v) is 30.1. The molecule has 0 aromatic carbocycles. The molecule has 0 bridgehead atoms. The van der Waals surface area contributed by atoms with E-state index in [1.165, 1.54) is 6.08 Å². The Morgan fingerprint density at radius 1 is 1.02 bits per heavy atom. The van der Waals surface area contributed by atoms with Gasteiger partial charge in [-0.2, -0.15) is 12.6 Å². The van der Waals surface area contributed by atoms with E-state index in [-0.39, 0.29) is 17.9 Å². The minimum Gasteiger partial charge on any atom is -0.322 e. The first-order valence-electron chi connectivity index (χ1n) is 15.7. The van der Waals surface area contributed by atoms with Crippen LogP contribution in [0.5, 0.6) is 0 Å². The molecule has 0 unspecified atom stereocenters. The van der Waals surface area contributed by atoms with Crippen LogP contribution in [0.2, 0.25) is 0 Å². The van der Waals surface area contributed by atoms with E-state index in [0.29, 0.717) is 42.1 Å². The summed E-state index contributed by atoms with van der Waals surface area (Å²) < 4.78 is 0. The fourth-order valence-electron chi connectivity index (χ4n) is 3.31. The molecular formula is C37H63N3O2S. The van der Waals surface area contributed by atoms with Gasteiger partial charge in [0, 0.05) is 53.8 Å². The number of nitrogens with zero attached hydrogens (tertiary/aromatic N) is 1. The molecule has 0 radical (unpaired) electrons. The second kappa shape index (κ2) is 33.4. The van der Waals surface area contributed by atoms with Gasteiger partial charge in [-0.15, -0.1) is 6.58 Å². The van der Waals surface area contributed by atoms with E-state index in [0.717, 1.165) is 17.7 Å². The maximum absolute atomic E-state index is 13.5. The van der Waals surface area contributed by atoms with Gasteiger partial charge in [-0.1, -0.05) is 111 Å². The molecule has 1 aliphatic heterocycles. The van der Waals surface area contributed by atoms with Gasteiger partial charge in [0.2, 0.25) is 0 Å². The van der Waals surface area contributed by atoms with Crippen LogP contribution >= 0.6 is 12.6 Å². The Morgan fingerprint density at radius 2 is 1.63 bits per heavy atom. The lowest BCUT2D eigenvalue weighted by molar-refractivity contribution is -0.125. The summed E-state index contributed by atoms with van der Waals surface area (Å²) in [4.78, 5) is 27.8. The van der Waals surface area contributed by atoms with Gasteiger partial charge < -0.3 is 15.5 Å². The number of allylic oxidation sites excluding steroid dienone is 8. The van der Waals surface area contributed by atoms with Crippen molar-refractivity contribution in [1.82, 2.24) is 15.5 Å². The van der Waals surface area contributed by atoms with Crippen LogP contribution in [0, 0.1) is 0 Å². The molecule has 5 nitrogen and oxygen atoms in total. The Balaban J connectivity index is -0.000000872. The number of carbonyl (C=O) groups is 2. The van der Waals surface area contributed by atoms with Crippen LogP contribution < -0.4 is 10.6 Å². The molecule has 1 aliphatic rings. The maximum atomic E-state index is 13.5. The molecule has 0 saturated carbocycles. The standard InChI is InChI=1S/C29H39N3O2S.4C2H6/c1-7-11-13-14-16-27-23(6)19-30-26(21-35)20-32(27)29(34)22(5)17-18-25(10-4)31-28(33)24(9-3)15-12-8-2;4*1-2/h7-10,12-15,17-18,26,30,35H,1,3,5,11,16,19-21H2,2,4,6H3,(H,31,33);4*1-2H3/b12-8-,14-13-,18-17-,24-15+,25-10+;;;;/t26-;;;;/m0..../s1. The summed E-state index contributed by atoms with van der Waals surface area (Å²) in [5.41, 5.74) is 3.39. The summed E-state index contributed by atoms with van der Waals surface area (Å²) in [7, 11) is 0. The van der Waals surface area contributed by atoms with Crippen molar-refractivity contribution in [2.24, 2.45) is 0 Å². The van der Waals surface area contributed by atoms with Gasteiger partial charge >= 0.3 is 0 Å². The highest BCUT2D eigenvalue weighted by atomic mass is 32.1. The van der Waals surface area contributed by atoms with Crippen molar-refractivity contribution >= 4 is 24.4 Å². The van der Waals surface area contributed by atoms with Crippen molar-refractivity contribution in [1.29, 1.82) is 0 Å². The first kappa shape index (κ1) is 46.9. The lowest BCUT2D eigenvalue weighted by atomic mass is 10.1. The van der Waals surface area contributed by atoms with Crippen LogP contribution in [0.25, 0.3) is 0 Å². The zero-order valence-electron chi connectivity index (χ0n) is 29.2. The van der Waals surface area contributed by atoms with Crippen LogP contribution in [-0.4, -0.2) is 41.6 Å². The SMILES string of the molecule is C=CC/C=C\CC1=C(C)CN[C@H](CS)CN1C(=O)C(=C)/C=C\C(=C/C)NC(=O)/C(C=C)=C/C=C\C.CC.CC.CC.CC. The van der Waals surface area contributed by atoms with E-state index < -0.39 is 0 Å². The summed E-state index contributed by atoms with van der Waals surface area (Å²) in [5, 5.41) is 6.29. The second-order valence-corrected chi connectivity index (χ2v) is 8.38. The molecule has 1 rings (SSSR count). The first-order valence-corrected chi connectivity index (χ1v) is 16.4. The molecule has 1 heterocycles.